The van der Waals surface area contributed by atoms with E-state index < -0.39 is 0 Å². The van der Waals surface area contributed by atoms with Crippen LogP contribution in [0.15, 0.2) is 0 Å². The van der Waals surface area contributed by atoms with E-state index in [0.717, 1.165) is 17.8 Å². The minimum absolute atomic E-state index is 0.0937. The topological polar surface area (TPSA) is 20.3 Å². The first-order valence-corrected chi connectivity index (χ1v) is 4.77. The molecule has 0 aromatic carbocycles. The van der Waals surface area contributed by atoms with E-state index in [9.17, 15) is 4.79 Å². The number of thiocarbonyl (C=S) groups is 1. The van der Waals surface area contributed by atoms with E-state index in [1.54, 1.807) is 11.8 Å². The van der Waals surface area contributed by atoms with Gasteiger partial charge in [0.25, 0.3) is 0 Å². The Hall–Kier alpha value is -0.440. The minimum Gasteiger partial charge on any atom is -0.303 e. The van der Waals surface area contributed by atoms with Crippen molar-refractivity contribution >= 4 is 23.1 Å². The number of hydrogen-bond donors (Lipinski definition) is 0. The smallest absolute Gasteiger partial charge is 0.224 e. The summed E-state index contributed by atoms with van der Waals surface area (Å²) < 4.78 is 0. The lowest BCUT2D eigenvalue weighted by atomic mass is 10.0. The zero-order chi connectivity index (χ0) is 9.30. The Kier molecular flexibility index (Phi) is 2.83. The van der Waals surface area contributed by atoms with Gasteiger partial charge in [-0.05, 0) is 12.3 Å². The molecule has 0 bridgehead atoms. The van der Waals surface area contributed by atoms with Crippen molar-refractivity contribution in [1.29, 1.82) is 0 Å². The van der Waals surface area contributed by atoms with Crippen LogP contribution in [0.25, 0.3) is 0 Å². The maximum Gasteiger partial charge on any atom is 0.224 e. The Bertz CT molecular complexity index is 213. The third-order valence-electron chi connectivity index (χ3n) is 2.36. The van der Waals surface area contributed by atoms with E-state index in [1.807, 2.05) is 0 Å². The number of carbonyl (C=O) groups excluding carboxylic acids is 1. The first-order valence-electron chi connectivity index (χ1n) is 4.36. The zero-order valence-electron chi connectivity index (χ0n) is 7.83. The van der Waals surface area contributed by atoms with Gasteiger partial charge in [0.1, 0.15) is 0 Å². The first-order chi connectivity index (χ1) is 5.54. The fraction of sp³-hybridized carbons (Fsp3) is 0.778. The molecule has 0 radical (unpaired) electrons. The Labute approximate surface area is 78.9 Å². The molecular weight excluding hydrogens is 170 g/mol. The Morgan fingerprint density at radius 2 is 2.25 bits per heavy atom. The molecule has 0 aliphatic carbocycles. The molecule has 0 saturated carbocycles. The van der Waals surface area contributed by atoms with Crippen molar-refractivity contribution in [1.82, 2.24) is 4.90 Å². The van der Waals surface area contributed by atoms with Crippen molar-refractivity contribution in [2.45, 2.75) is 39.7 Å². The summed E-state index contributed by atoms with van der Waals surface area (Å²) in [4.78, 5) is 13.8. The minimum atomic E-state index is 0.0937. The van der Waals surface area contributed by atoms with Crippen LogP contribution in [0.2, 0.25) is 0 Å². The molecule has 2 nitrogen and oxygen atoms in total. The van der Waals surface area contributed by atoms with E-state index in [2.05, 4.69) is 13.8 Å². The molecule has 0 N–H and O–H groups in total. The zero-order valence-corrected chi connectivity index (χ0v) is 8.65. The van der Waals surface area contributed by atoms with E-state index in [0.29, 0.717) is 12.0 Å². The second kappa shape index (κ2) is 3.52. The summed E-state index contributed by atoms with van der Waals surface area (Å²) in [6.45, 7) is 5.86. The number of rotatable bonds is 1. The Morgan fingerprint density at radius 1 is 1.67 bits per heavy atom. The molecule has 68 valence electrons. The summed E-state index contributed by atoms with van der Waals surface area (Å²) in [6, 6.07) is 0.343. The van der Waals surface area contributed by atoms with E-state index in [-0.39, 0.29) is 5.91 Å². The molecule has 0 spiro atoms. The third-order valence-corrected chi connectivity index (χ3v) is 2.76. The quantitative estimate of drug-likeness (QED) is 0.582. The van der Waals surface area contributed by atoms with Gasteiger partial charge in [-0.1, -0.05) is 26.1 Å². The number of carbonyl (C=O) groups is 1. The largest absolute Gasteiger partial charge is 0.303 e. The van der Waals surface area contributed by atoms with Crippen LogP contribution >= 0.6 is 12.2 Å². The second-order valence-corrected chi connectivity index (χ2v) is 4.10. The highest BCUT2D eigenvalue weighted by Gasteiger charge is 2.32. The molecule has 0 aromatic heterocycles. The summed E-state index contributed by atoms with van der Waals surface area (Å²) in [5.74, 6) is 0.602. The average molecular weight is 185 g/mol. The molecule has 3 heteroatoms. The van der Waals surface area contributed by atoms with Crippen LogP contribution in [0, 0.1) is 5.92 Å². The van der Waals surface area contributed by atoms with Gasteiger partial charge < -0.3 is 4.90 Å². The Balaban J connectivity index is 2.77. The van der Waals surface area contributed by atoms with E-state index in [1.165, 1.54) is 0 Å². The van der Waals surface area contributed by atoms with Crippen LogP contribution in [-0.4, -0.2) is 21.8 Å². The Morgan fingerprint density at radius 3 is 2.58 bits per heavy atom. The summed E-state index contributed by atoms with van der Waals surface area (Å²) in [7, 11) is 0. The average Bonchev–Trinajstić information content (AvgIpc) is 2.30. The molecule has 1 aliphatic rings. The highest BCUT2D eigenvalue weighted by atomic mass is 32.1. The van der Waals surface area contributed by atoms with Gasteiger partial charge in [0.05, 0.1) is 4.99 Å². The summed E-state index contributed by atoms with van der Waals surface area (Å²) in [6.07, 6.45) is 1.94. The maximum atomic E-state index is 11.2. The highest BCUT2D eigenvalue weighted by molar-refractivity contribution is 7.80. The van der Waals surface area contributed by atoms with E-state index in [4.69, 9.17) is 12.2 Å². The summed E-state index contributed by atoms with van der Waals surface area (Å²) >= 11 is 5.12. The van der Waals surface area contributed by atoms with Crippen LogP contribution in [0.3, 0.4) is 0 Å². The van der Waals surface area contributed by atoms with Crippen molar-refractivity contribution in [3.05, 3.63) is 0 Å². The first kappa shape index (κ1) is 9.65. The molecular formula is C9H15NOS. The summed E-state index contributed by atoms with van der Waals surface area (Å²) in [5.41, 5.74) is 0. The number of hydrogen-bond acceptors (Lipinski definition) is 2. The molecule has 1 rings (SSSR count). The lowest BCUT2D eigenvalue weighted by molar-refractivity contribution is -0.126. The maximum absolute atomic E-state index is 11.2. The number of amides is 1. The van der Waals surface area contributed by atoms with Crippen molar-refractivity contribution in [3.8, 4) is 0 Å². The predicted molar refractivity (Wildman–Crippen MR) is 53.0 cm³/mol. The molecule has 1 aliphatic heterocycles. The SMILES string of the molecule is CC(=O)N1C(=S)CCC1C(C)C. The number of nitrogens with zero attached hydrogens (tertiary/aromatic N) is 1. The molecule has 1 fully saturated rings. The third kappa shape index (κ3) is 1.66. The van der Waals surface area contributed by atoms with Gasteiger partial charge in [-0.25, -0.2) is 0 Å². The molecule has 0 aromatic rings. The van der Waals surface area contributed by atoms with Gasteiger partial charge in [0.15, 0.2) is 0 Å². The normalized spacial score (nSPS) is 23.8. The highest BCUT2D eigenvalue weighted by Crippen LogP contribution is 2.25. The van der Waals surface area contributed by atoms with Gasteiger partial charge in [-0.3, -0.25) is 4.79 Å². The molecule has 1 saturated heterocycles. The van der Waals surface area contributed by atoms with Crippen molar-refractivity contribution in [3.63, 3.8) is 0 Å². The van der Waals surface area contributed by atoms with Gasteiger partial charge >= 0.3 is 0 Å². The van der Waals surface area contributed by atoms with Crippen LogP contribution in [0.4, 0.5) is 0 Å². The fourth-order valence-corrected chi connectivity index (χ4v) is 2.13. The van der Waals surface area contributed by atoms with Crippen molar-refractivity contribution in [2.24, 2.45) is 5.92 Å². The van der Waals surface area contributed by atoms with Crippen molar-refractivity contribution < 1.29 is 4.79 Å². The van der Waals surface area contributed by atoms with Crippen molar-refractivity contribution in [2.75, 3.05) is 0 Å². The molecule has 1 amide bonds. The second-order valence-electron chi connectivity index (χ2n) is 3.63. The lowest BCUT2D eigenvalue weighted by Crippen LogP contribution is -2.39. The molecule has 1 unspecified atom stereocenters. The standard InChI is InChI=1S/C9H15NOS/c1-6(2)8-4-5-9(12)10(8)7(3)11/h6,8H,4-5H2,1-3H3. The lowest BCUT2D eigenvalue weighted by Gasteiger charge is -2.26. The number of likely N-dealkylation sites (tertiary alicyclic amines) is 1. The fourth-order valence-electron chi connectivity index (χ4n) is 1.75. The molecule has 1 atom stereocenters. The van der Waals surface area contributed by atoms with Gasteiger partial charge in [-0.15, -0.1) is 0 Å². The van der Waals surface area contributed by atoms with Crippen LogP contribution in [0.1, 0.15) is 33.6 Å². The molecule has 12 heavy (non-hydrogen) atoms. The molecule has 1 heterocycles. The summed E-state index contributed by atoms with van der Waals surface area (Å²) in [5, 5.41) is 0. The monoisotopic (exact) mass is 185 g/mol. The van der Waals surface area contributed by atoms with Gasteiger partial charge in [-0.2, -0.15) is 0 Å². The van der Waals surface area contributed by atoms with Crippen LogP contribution < -0.4 is 0 Å². The van der Waals surface area contributed by atoms with Crippen LogP contribution in [0.5, 0.6) is 0 Å². The van der Waals surface area contributed by atoms with Crippen LogP contribution in [-0.2, 0) is 4.79 Å². The predicted octanol–water partition coefficient (Wildman–Crippen LogP) is 1.98. The van der Waals surface area contributed by atoms with E-state index >= 15 is 0 Å². The van der Waals surface area contributed by atoms with Gasteiger partial charge in [0.2, 0.25) is 5.91 Å². The van der Waals surface area contributed by atoms with Gasteiger partial charge in [0, 0.05) is 19.4 Å².